The normalized spacial score (nSPS) is 14.7. The minimum Gasteiger partial charge on any atom is -0.340 e. The number of nitro groups is 1. The first-order valence-electron chi connectivity index (χ1n) is 6.76. The van der Waals surface area contributed by atoms with Gasteiger partial charge >= 0.3 is 0 Å². The minimum atomic E-state index is -0.391. The first kappa shape index (κ1) is 12.1. The molecule has 0 spiro atoms. The third-order valence-corrected chi connectivity index (χ3v) is 3.69. The van der Waals surface area contributed by atoms with Gasteiger partial charge in [0.05, 0.1) is 11.5 Å². The summed E-state index contributed by atoms with van der Waals surface area (Å²) in [5.41, 5.74) is 1.01. The zero-order valence-electron chi connectivity index (χ0n) is 11.1. The second kappa shape index (κ2) is 4.41. The van der Waals surface area contributed by atoms with E-state index in [0.717, 1.165) is 29.6 Å². The Kier molecular flexibility index (Phi) is 2.53. The van der Waals surface area contributed by atoms with Gasteiger partial charge in [-0.2, -0.15) is 4.98 Å². The Bertz CT molecular complexity index is 832. The third kappa shape index (κ3) is 2.16. The van der Waals surface area contributed by atoms with Gasteiger partial charge in [0, 0.05) is 35.2 Å². The number of fused-ring (bicyclic) bond motifs is 1. The van der Waals surface area contributed by atoms with E-state index in [1.165, 1.54) is 6.07 Å². The molecular weight excluding hydrogens is 272 g/mol. The van der Waals surface area contributed by atoms with Crippen molar-refractivity contribution in [2.24, 2.45) is 0 Å². The molecule has 0 bridgehead atoms. The Morgan fingerprint density at radius 1 is 1.38 bits per heavy atom. The molecule has 7 heteroatoms. The van der Waals surface area contributed by atoms with Gasteiger partial charge < -0.3 is 9.09 Å². The monoisotopic (exact) mass is 284 g/mol. The number of aromatic nitrogens is 3. The molecule has 4 rings (SSSR count). The van der Waals surface area contributed by atoms with Crippen LogP contribution in [0.3, 0.4) is 0 Å². The highest BCUT2D eigenvalue weighted by Crippen LogP contribution is 2.38. The third-order valence-electron chi connectivity index (χ3n) is 3.69. The van der Waals surface area contributed by atoms with Crippen molar-refractivity contribution in [2.45, 2.75) is 25.3 Å². The zero-order chi connectivity index (χ0) is 14.4. The first-order valence-corrected chi connectivity index (χ1v) is 6.76. The highest BCUT2D eigenvalue weighted by molar-refractivity contribution is 5.82. The van der Waals surface area contributed by atoms with E-state index in [0.29, 0.717) is 18.3 Å². The van der Waals surface area contributed by atoms with Crippen molar-refractivity contribution in [1.82, 2.24) is 14.7 Å². The SMILES string of the molecule is O=[N+]([O-])c1ccc2c(ccn2Cc2noc(C3CC3)n2)c1. The largest absolute Gasteiger partial charge is 0.340 e. The Morgan fingerprint density at radius 2 is 2.24 bits per heavy atom. The molecule has 1 aliphatic carbocycles. The molecule has 0 N–H and O–H groups in total. The van der Waals surface area contributed by atoms with E-state index in [4.69, 9.17) is 4.52 Å². The summed E-state index contributed by atoms with van der Waals surface area (Å²) in [5.74, 6) is 1.79. The molecule has 1 fully saturated rings. The number of hydrogen-bond donors (Lipinski definition) is 0. The van der Waals surface area contributed by atoms with Crippen molar-refractivity contribution in [3.05, 3.63) is 52.3 Å². The lowest BCUT2D eigenvalue weighted by atomic mass is 10.2. The molecule has 0 atom stereocenters. The van der Waals surface area contributed by atoms with Crippen LogP contribution >= 0.6 is 0 Å². The molecule has 0 amide bonds. The quantitative estimate of drug-likeness (QED) is 0.543. The number of benzene rings is 1. The highest BCUT2D eigenvalue weighted by atomic mass is 16.6. The summed E-state index contributed by atoms with van der Waals surface area (Å²) < 4.78 is 7.20. The molecule has 0 radical (unpaired) electrons. The van der Waals surface area contributed by atoms with Gasteiger partial charge in [0.2, 0.25) is 5.89 Å². The maximum absolute atomic E-state index is 10.8. The number of nitro benzene ring substituents is 1. The summed E-state index contributed by atoms with van der Waals surface area (Å²) in [5, 5.41) is 15.6. The van der Waals surface area contributed by atoms with Crippen molar-refractivity contribution in [3.8, 4) is 0 Å². The molecule has 3 aromatic rings. The van der Waals surface area contributed by atoms with Crippen LogP contribution in [0.5, 0.6) is 0 Å². The van der Waals surface area contributed by atoms with Gasteiger partial charge in [-0.1, -0.05) is 5.16 Å². The molecule has 7 nitrogen and oxygen atoms in total. The van der Waals surface area contributed by atoms with Crippen LogP contribution in [0.15, 0.2) is 35.0 Å². The van der Waals surface area contributed by atoms with E-state index in [-0.39, 0.29) is 5.69 Å². The first-order chi connectivity index (χ1) is 10.2. The van der Waals surface area contributed by atoms with Crippen LogP contribution in [-0.4, -0.2) is 19.6 Å². The number of hydrogen-bond acceptors (Lipinski definition) is 5. The van der Waals surface area contributed by atoms with Crippen LogP contribution in [0.1, 0.15) is 30.5 Å². The van der Waals surface area contributed by atoms with Gasteiger partial charge in [-0.15, -0.1) is 0 Å². The van der Waals surface area contributed by atoms with Crippen molar-refractivity contribution < 1.29 is 9.45 Å². The number of rotatable bonds is 4. The van der Waals surface area contributed by atoms with Gasteiger partial charge in [-0.3, -0.25) is 10.1 Å². The van der Waals surface area contributed by atoms with E-state index in [1.807, 2.05) is 16.8 Å². The topological polar surface area (TPSA) is 87.0 Å². The van der Waals surface area contributed by atoms with Gasteiger partial charge in [-0.05, 0) is 25.0 Å². The minimum absolute atomic E-state index is 0.0934. The summed E-state index contributed by atoms with van der Waals surface area (Å²) in [7, 11) is 0. The lowest BCUT2D eigenvalue weighted by molar-refractivity contribution is -0.384. The van der Waals surface area contributed by atoms with Crippen molar-refractivity contribution in [3.63, 3.8) is 0 Å². The lowest BCUT2D eigenvalue weighted by Gasteiger charge is -2.01. The van der Waals surface area contributed by atoms with Crippen LogP contribution in [0.2, 0.25) is 0 Å². The van der Waals surface area contributed by atoms with E-state index in [1.54, 1.807) is 12.1 Å². The van der Waals surface area contributed by atoms with Crippen LogP contribution in [0, 0.1) is 10.1 Å². The van der Waals surface area contributed by atoms with E-state index in [9.17, 15) is 10.1 Å². The molecule has 0 aliphatic heterocycles. The molecule has 1 saturated carbocycles. The van der Waals surface area contributed by atoms with Crippen LogP contribution in [-0.2, 0) is 6.54 Å². The summed E-state index contributed by atoms with van der Waals surface area (Å²) in [6.07, 6.45) is 4.12. The van der Waals surface area contributed by atoms with Gasteiger partial charge in [0.1, 0.15) is 0 Å². The molecule has 21 heavy (non-hydrogen) atoms. The van der Waals surface area contributed by atoms with Crippen molar-refractivity contribution in [1.29, 1.82) is 0 Å². The van der Waals surface area contributed by atoms with Crippen LogP contribution < -0.4 is 0 Å². The van der Waals surface area contributed by atoms with E-state index < -0.39 is 4.92 Å². The molecule has 2 aromatic heterocycles. The lowest BCUT2D eigenvalue weighted by Crippen LogP contribution is -2.00. The van der Waals surface area contributed by atoms with Gasteiger partial charge in [-0.25, -0.2) is 0 Å². The summed E-state index contributed by atoms with van der Waals surface area (Å²) >= 11 is 0. The van der Waals surface area contributed by atoms with Gasteiger partial charge in [0.15, 0.2) is 5.82 Å². The standard InChI is InChI=1S/C14H12N4O3/c19-18(20)11-3-4-12-10(7-11)5-6-17(12)8-13-15-14(21-16-13)9-1-2-9/h3-7,9H,1-2,8H2. The maximum atomic E-state index is 10.8. The second-order valence-corrected chi connectivity index (χ2v) is 5.27. The zero-order valence-corrected chi connectivity index (χ0v) is 11.1. The van der Waals surface area contributed by atoms with Crippen LogP contribution in [0.4, 0.5) is 5.69 Å². The van der Waals surface area contributed by atoms with Gasteiger partial charge in [0.25, 0.3) is 5.69 Å². The van der Waals surface area contributed by atoms with Crippen LogP contribution in [0.25, 0.3) is 10.9 Å². The molecule has 0 saturated heterocycles. The molecule has 0 unspecified atom stereocenters. The predicted molar refractivity (Wildman–Crippen MR) is 74.0 cm³/mol. The summed E-state index contributed by atoms with van der Waals surface area (Å²) in [6.45, 7) is 0.498. The van der Waals surface area contributed by atoms with E-state index in [2.05, 4.69) is 10.1 Å². The Hall–Kier alpha value is -2.70. The number of non-ortho nitro benzene ring substituents is 1. The molecular formula is C14H12N4O3. The Labute approximate surface area is 119 Å². The smallest absolute Gasteiger partial charge is 0.270 e. The maximum Gasteiger partial charge on any atom is 0.270 e. The average molecular weight is 284 g/mol. The predicted octanol–water partition coefficient (Wildman–Crippen LogP) is 2.86. The molecule has 2 heterocycles. The fourth-order valence-corrected chi connectivity index (χ4v) is 2.42. The molecule has 1 aliphatic rings. The summed E-state index contributed by atoms with van der Waals surface area (Å²) in [6, 6.07) is 6.67. The Morgan fingerprint density at radius 3 is 3.00 bits per heavy atom. The fourth-order valence-electron chi connectivity index (χ4n) is 2.42. The fraction of sp³-hybridized carbons (Fsp3) is 0.286. The van der Waals surface area contributed by atoms with Crippen molar-refractivity contribution in [2.75, 3.05) is 0 Å². The second-order valence-electron chi connectivity index (χ2n) is 5.27. The number of nitrogens with zero attached hydrogens (tertiary/aromatic N) is 4. The Balaban J connectivity index is 1.64. The van der Waals surface area contributed by atoms with Crippen molar-refractivity contribution >= 4 is 16.6 Å². The average Bonchev–Trinajstić information content (AvgIpc) is 3.10. The molecule has 106 valence electrons. The highest BCUT2D eigenvalue weighted by Gasteiger charge is 2.29. The van der Waals surface area contributed by atoms with E-state index >= 15 is 0 Å². The summed E-state index contributed by atoms with van der Waals surface area (Å²) in [4.78, 5) is 14.8. The molecule has 1 aromatic carbocycles.